The number of halogens is 3. The molecule has 2 aliphatic rings. The Bertz CT molecular complexity index is 862. The molecule has 5 nitrogen and oxygen atoms in total. The number of rotatable bonds is 4. The van der Waals surface area contributed by atoms with Crippen LogP contribution in [0.5, 0.6) is 0 Å². The minimum Gasteiger partial charge on any atom is -0.312 e. The number of benzene rings is 2. The SMILES string of the molecule is CC1NN2C(=O)NC(SCc3ccc(C(F)(F)F)cc3)NC2C1c1ccccc1. The van der Waals surface area contributed by atoms with Gasteiger partial charge in [-0.3, -0.25) is 5.32 Å². The summed E-state index contributed by atoms with van der Waals surface area (Å²) in [5, 5.41) is 7.91. The molecule has 0 radical (unpaired) electrons. The van der Waals surface area contributed by atoms with Crippen molar-refractivity contribution < 1.29 is 18.0 Å². The standard InChI is InChI=1S/C20H21F3N4OS/c1-12-16(14-5-3-2-4-6-14)17-24-18(25-19(28)27(17)26-12)29-11-13-7-9-15(10-8-13)20(21,22)23/h2-10,12,16-18,24,26H,11H2,1H3,(H,25,28). The van der Waals surface area contributed by atoms with Crippen molar-refractivity contribution in [1.82, 2.24) is 21.1 Å². The van der Waals surface area contributed by atoms with Crippen molar-refractivity contribution in [3.8, 4) is 0 Å². The molecule has 0 aliphatic carbocycles. The largest absolute Gasteiger partial charge is 0.416 e. The van der Waals surface area contributed by atoms with E-state index in [1.54, 1.807) is 5.01 Å². The number of fused-ring (bicyclic) bond motifs is 1. The lowest BCUT2D eigenvalue weighted by Gasteiger charge is -2.37. The van der Waals surface area contributed by atoms with Gasteiger partial charge in [0.2, 0.25) is 0 Å². The summed E-state index contributed by atoms with van der Waals surface area (Å²) in [4.78, 5) is 12.5. The molecule has 0 aromatic heterocycles. The second-order valence-corrected chi connectivity index (χ2v) is 8.26. The quantitative estimate of drug-likeness (QED) is 0.701. The Kier molecular flexibility index (Phi) is 5.46. The van der Waals surface area contributed by atoms with Crippen LogP contribution in [0.4, 0.5) is 18.0 Å². The van der Waals surface area contributed by atoms with E-state index in [9.17, 15) is 18.0 Å². The van der Waals surface area contributed by atoms with Crippen molar-refractivity contribution in [1.29, 1.82) is 0 Å². The van der Waals surface area contributed by atoms with Gasteiger partial charge < -0.3 is 5.32 Å². The first-order valence-corrected chi connectivity index (χ1v) is 10.3. The van der Waals surface area contributed by atoms with E-state index in [0.29, 0.717) is 5.75 Å². The number of carbonyl (C=O) groups is 1. The fraction of sp³-hybridized carbons (Fsp3) is 0.350. The first kappa shape index (κ1) is 20.1. The highest BCUT2D eigenvalue weighted by Crippen LogP contribution is 2.34. The van der Waals surface area contributed by atoms with Crippen molar-refractivity contribution in [2.75, 3.05) is 0 Å². The van der Waals surface area contributed by atoms with Crippen molar-refractivity contribution in [2.24, 2.45) is 0 Å². The van der Waals surface area contributed by atoms with E-state index in [1.807, 2.05) is 37.3 Å². The Balaban J connectivity index is 1.43. The molecule has 2 fully saturated rings. The van der Waals surface area contributed by atoms with Crippen molar-refractivity contribution in [3.05, 3.63) is 71.3 Å². The number of nitrogens with one attached hydrogen (secondary N) is 3. The van der Waals surface area contributed by atoms with Crippen LogP contribution in [-0.2, 0) is 11.9 Å². The lowest BCUT2D eigenvalue weighted by molar-refractivity contribution is -0.137. The third-order valence-electron chi connectivity index (χ3n) is 5.18. The summed E-state index contributed by atoms with van der Waals surface area (Å²) in [7, 11) is 0. The maximum absolute atomic E-state index is 12.7. The third kappa shape index (κ3) is 4.22. The summed E-state index contributed by atoms with van der Waals surface area (Å²) in [6.45, 7) is 2.04. The number of hydrogen-bond acceptors (Lipinski definition) is 4. The highest BCUT2D eigenvalue weighted by atomic mass is 32.2. The number of hydrogen-bond donors (Lipinski definition) is 3. The molecule has 0 spiro atoms. The lowest BCUT2D eigenvalue weighted by atomic mass is 9.91. The zero-order valence-corrected chi connectivity index (χ0v) is 16.4. The normalized spacial score (nSPS) is 26.9. The van der Waals surface area contributed by atoms with Gasteiger partial charge >= 0.3 is 12.2 Å². The Labute approximate surface area is 171 Å². The van der Waals surface area contributed by atoms with E-state index < -0.39 is 11.7 Å². The molecule has 2 saturated heterocycles. The van der Waals surface area contributed by atoms with Crippen LogP contribution >= 0.6 is 11.8 Å². The molecule has 4 rings (SSSR count). The number of nitrogens with zero attached hydrogens (tertiary/aromatic N) is 1. The highest BCUT2D eigenvalue weighted by molar-refractivity contribution is 7.99. The molecule has 0 saturated carbocycles. The molecule has 2 amide bonds. The predicted molar refractivity (Wildman–Crippen MR) is 106 cm³/mol. The summed E-state index contributed by atoms with van der Waals surface area (Å²) in [5.41, 5.74) is 4.10. The van der Waals surface area contributed by atoms with Gasteiger partial charge in [-0.25, -0.2) is 15.2 Å². The van der Waals surface area contributed by atoms with E-state index in [-0.39, 0.29) is 29.7 Å². The van der Waals surface area contributed by atoms with Gasteiger partial charge in [0.15, 0.2) is 0 Å². The summed E-state index contributed by atoms with van der Waals surface area (Å²) in [6, 6.07) is 15.0. The second kappa shape index (κ2) is 7.89. The number of carbonyl (C=O) groups excluding carboxylic acids is 1. The maximum Gasteiger partial charge on any atom is 0.416 e. The molecule has 154 valence electrons. The van der Waals surface area contributed by atoms with Crippen LogP contribution in [0.15, 0.2) is 54.6 Å². The van der Waals surface area contributed by atoms with Crippen LogP contribution in [0.2, 0.25) is 0 Å². The number of urea groups is 1. The van der Waals surface area contributed by atoms with Gasteiger partial charge in [0.05, 0.1) is 5.56 Å². The van der Waals surface area contributed by atoms with E-state index in [2.05, 4.69) is 16.1 Å². The van der Waals surface area contributed by atoms with Gasteiger partial charge in [0.1, 0.15) is 11.7 Å². The van der Waals surface area contributed by atoms with Gasteiger partial charge in [-0.2, -0.15) is 13.2 Å². The first-order valence-electron chi connectivity index (χ1n) is 9.27. The average Bonchev–Trinajstić information content (AvgIpc) is 3.03. The topological polar surface area (TPSA) is 56.4 Å². The first-order chi connectivity index (χ1) is 13.8. The fourth-order valence-corrected chi connectivity index (χ4v) is 4.73. The number of alkyl halides is 3. The lowest BCUT2D eigenvalue weighted by Crippen LogP contribution is -2.65. The van der Waals surface area contributed by atoms with Crippen LogP contribution in [0.3, 0.4) is 0 Å². The summed E-state index contributed by atoms with van der Waals surface area (Å²) in [5.74, 6) is 0.554. The monoisotopic (exact) mass is 422 g/mol. The van der Waals surface area contributed by atoms with E-state index >= 15 is 0 Å². The molecule has 9 heteroatoms. The highest BCUT2D eigenvalue weighted by Gasteiger charge is 2.46. The van der Waals surface area contributed by atoms with E-state index in [4.69, 9.17) is 0 Å². The van der Waals surface area contributed by atoms with Gasteiger partial charge in [0, 0.05) is 17.7 Å². The minimum atomic E-state index is -4.34. The fourth-order valence-electron chi connectivity index (χ4n) is 3.76. The zero-order chi connectivity index (χ0) is 20.6. The van der Waals surface area contributed by atoms with Crippen LogP contribution in [-0.4, -0.2) is 28.7 Å². The van der Waals surface area contributed by atoms with Crippen molar-refractivity contribution in [2.45, 2.75) is 42.5 Å². The van der Waals surface area contributed by atoms with Gasteiger partial charge in [0.25, 0.3) is 0 Å². The van der Waals surface area contributed by atoms with Gasteiger partial charge in [-0.05, 0) is 30.2 Å². The molecule has 2 aliphatic heterocycles. The number of hydrazine groups is 1. The summed E-state index contributed by atoms with van der Waals surface area (Å²) in [6.07, 6.45) is -4.56. The molecule has 3 N–H and O–H groups in total. The maximum atomic E-state index is 12.7. The molecule has 4 unspecified atom stereocenters. The van der Waals surface area contributed by atoms with Gasteiger partial charge in [-0.1, -0.05) is 42.5 Å². The zero-order valence-electron chi connectivity index (χ0n) is 15.6. The third-order valence-corrected chi connectivity index (χ3v) is 6.26. The van der Waals surface area contributed by atoms with Crippen molar-refractivity contribution >= 4 is 17.8 Å². The summed E-state index contributed by atoms with van der Waals surface area (Å²) < 4.78 is 38.1. The molecule has 0 bridgehead atoms. The molecular weight excluding hydrogens is 401 g/mol. The molecule has 2 aromatic carbocycles. The van der Waals surface area contributed by atoms with Gasteiger partial charge in [-0.15, -0.1) is 11.8 Å². The van der Waals surface area contributed by atoms with E-state index in [0.717, 1.165) is 23.3 Å². The van der Waals surface area contributed by atoms with Crippen LogP contribution < -0.4 is 16.1 Å². The Hall–Kier alpha value is -2.23. The number of thioether (sulfide) groups is 1. The van der Waals surface area contributed by atoms with Crippen LogP contribution in [0.1, 0.15) is 29.5 Å². The minimum absolute atomic E-state index is 0.0688. The summed E-state index contributed by atoms with van der Waals surface area (Å²) >= 11 is 1.44. The molecule has 2 aromatic rings. The molecule has 4 atom stereocenters. The molecular formula is C20H21F3N4OS. The Morgan fingerprint density at radius 1 is 1.07 bits per heavy atom. The average molecular weight is 422 g/mol. The molecule has 29 heavy (non-hydrogen) atoms. The number of amides is 2. The van der Waals surface area contributed by atoms with E-state index in [1.165, 1.54) is 23.9 Å². The van der Waals surface area contributed by atoms with Crippen molar-refractivity contribution in [3.63, 3.8) is 0 Å². The second-order valence-electron chi connectivity index (χ2n) is 7.17. The Morgan fingerprint density at radius 2 is 1.76 bits per heavy atom. The Morgan fingerprint density at radius 3 is 2.41 bits per heavy atom. The predicted octanol–water partition coefficient (Wildman–Crippen LogP) is 3.85. The smallest absolute Gasteiger partial charge is 0.312 e. The van der Waals surface area contributed by atoms with Crippen LogP contribution in [0.25, 0.3) is 0 Å². The molecule has 2 heterocycles. The van der Waals surface area contributed by atoms with Crippen LogP contribution in [0, 0.1) is 0 Å².